The summed E-state index contributed by atoms with van der Waals surface area (Å²) >= 11 is 0. The maximum Gasteiger partial charge on any atom is 0.00759 e. The molecule has 0 aliphatic heterocycles. The van der Waals surface area contributed by atoms with E-state index in [-0.39, 0.29) is 0 Å². The van der Waals surface area contributed by atoms with Gasteiger partial charge in [-0.1, -0.05) is 37.3 Å². The molecule has 0 amide bonds. The van der Waals surface area contributed by atoms with E-state index >= 15 is 0 Å². The third-order valence-electron chi connectivity index (χ3n) is 5.40. The van der Waals surface area contributed by atoms with E-state index in [0.717, 1.165) is 0 Å². The fourth-order valence-corrected chi connectivity index (χ4v) is 3.59. The Bertz CT molecular complexity index is 760. The molecule has 0 saturated heterocycles. The SMILES string of the molecule is Cc1ccc(C2=Cc3ccc(C)c(C)c3C2C)c(C)c1C. The first kappa shape index (κ1) is 14.1. The fraction of sp³-hybridized carbons (Fsp3) is 0.333. The predicted octanol–water partition coefficient (Wildman–Crippen LogP) is 5.89. The van der Waals surface area contributed by atoms with E-state index in [1.807, 2.05) is 0 Å². The largest absolute Gasteiger partial charge is 0.0584 e. The van der Waals surface area contributed by atoms with Gasteiger partial charge in [0.2, 0.25) is 0 Å². The second-order valence-electron chi connectivity index (χ2n) is 6.51. The van der Waals surface area contributed by atoms with Gasteiger partial charge in [-0.05, 0) is 84.7 Å². The Labute approximate surface area is 128 Å². The smallest absolute Gasteiger partial charge is 0.00759 e. The van der Waals surface area contributed by atoms with E-state index < -0.39 is 0 Å². The lowest BCUT2D eigenvalue weighted by molar-refractivity contribution is 0.981. The molecule has 0 spiro atoms. The van der Waals surface area contributed by atoms with Gasteiger partial charge in [0.05, 0.1) is 0 Å². The van der Waals surface area contributed by atoms with Gasteiger partial charge in [-0.15, -0.1) is 0 Å². The Morgan fingerprint density at radius 2 is 1.33 bits per heavy atom. The number of hydrogen-bond donors (Lipinski definition) is 0. The van der Waals surface area contributed by atoms with Crippen molar-refractivity contribution in [3.63, 3.8) is 0 Å². The third-order valence-corrected chi connectivity index (χ3v) is 5.40. The molecule has 0 N–H and O–H groups in total. The molecule has 2 aromatic carbocycles. The number of aryl methyl sites for hydroxylation is 2. The normalized spacial score (nSPS) is 16.9. The van der Waals surface area contributed by atoms with Crippen molar-refractivity contribution in [1.29, 1.82) is 0 Å². The number of hydrogen-bond acceptors (Lipinski definition) is 0. The molecule has 1 unspecified atom stereocenters. The minimum atomic E-state index is 0.487. The summed E-state index contributed by atoms with van der Waals surface area (Å²) in [6, 6.07) is 9.07. The molecule has 0 radical (unpaired) electrons. The first-order valence-electron chi connectivity index (χ1n) is 7.80. The second kappa shape index (κ2) is 4.87. The molecule has 0 bridgehead atoms. The average Bonchev–Trinajstić information content (AvgIpc) is 2.78. The Balaban J connectivity index is 2.16. The van der Waals surface area contributed by atoms with Crippen LogP contribution in [0.2, 0.25) is 0 Å². The van der Waals surface area contributed by atoms with Crippen molar-refractivity contribution >= 4 is 11.6 Å². The molecule has 1 aliphatic carbocycles. The summed E-state index contributed by atoms with van der Waals surface area (Å²) in [5.41, 5.74) is 12.9. The molecular formula is C21H24. The highest BCUT2D eigenvalue weighted by Gasteiger charge is 2.25. The van der Waals surface area contributed by atoms with Crippen molar-refractivity contribution in [1.82, 2.24) is 0 Å². The molecule has 0 aromatic heterocycles. The van der Waals surface area contributed by atoms with Crippen molar-refractivity contribution in [2.45, 2.75) is 47.5 Å². The van der Waals surface area contributed by atoms with Crippen LogP contribution in [-0.2, 0) is 0 Å². The standard InChI is InChI=1S/C21H24/c1-12-8-10-19(16(5)14(12)3)20-11-18-9-7-13(2)15(4)21(18)17(20)6/h7-11,17H,1-6H3. The van der Waals surface area contributed by atoms with Gasteiger partial charge >= 0.3 is 0 Å². The third kappa shape index (κ3) is 2.05. The van der Waals surface area contributed by atoms with Crippen LogP contribution >= 0.6 is 0 Å². The molecule has 1 aliphatic rings. The van der Waals surface area contributed by atoms with Crippen LogP contribution < -0.4 is 0 Å². The van der Waals surface area contributed by atoms with Crippen LogP contribution in [0.3, 0.4) is 0 Å². The molecule has 108 valence electrons. The van der Waals surface area contributed by atoms with Crippen molar-refractivity contribution < 1.29 is 0 Å². The Hall–Kier alpha value is -1.82. The molecular weight excluding hydrogens is 252 g/mol. The van der Waals surface area contributed by atoms with Gasteiger partial charge in [0.25, 0.3) is 0 Å². The van der Waals surface area contributed by atoms with Crippen LogP contribution in [-0.4, -0.2) is 0 Å². The summed E-state index contributed by atoms with van der Waals surface area (Å²) in [6.45, 7) is 13.5. The van der Waals surface area contributed by atoms with Gasteiger partial charge < -0.3 is 0 Å². The first-order chi connectivity index (χ1) is 9.91. The van der Waals surface area contributed by atoms with E-state index in [2.05, 4.69) is 71.9 Å². The lowest BCUT2D eigenvalue weighted by atomic mass is 9.86. The van der Waals surface area contributed by atoms with Crippen molar-refractivity contribution in [2.24, 2.45) is 0 Å². The highest BCUT2D eigenvalue weighted by atomic mass is 14.3. The van der Waals surface area contributed by atoms with E-state index in [4.69, 9.17) is 0 Å². The van der Waals surface area contributed by atoms with Gasteiger partial charge in [-0.3, -0.25) is 0 Å². The average molecular weight is 276 g/mol. The van der Waals surface area contributed by atoms with E-state index in [9.17, 15) is 0 Å². The van der Waals surface area contributed by atoms with Gasteiger partial charge in [0.15, 0.2) is 0 Å². The van der Waals surface area contributed by atoms with Crippen LogP contribution in [0.15, 0.2) is 24.3 Å². The summed E-state index contributed by atoms with van der Waals surface area (Å²) in [6.07, 6.45) is 2.39. The molecule has 2 aromatic rings. The minimum Gasteiger partial charge on any atom is -0.0584 e. The molecule has 21 heavy (non-hydrogen) atoms. The summed E-state index contributed by atoms with van der Waals surface area (Å²) in [7, 11) is 0. The maximum atomic E-state index is 2.39. The number of allylic oxidation sites excluding steroid dienone is 1. The molecule has 0 nitrogen and oxygen atoms in total. The molecule has 3 rings (SSSR count). The quantitative estimate of drug-likeness (QED) is 0.609. The van der Waals surface area contributed by atoms with E-state index in [1.54, 1.807) is 0 Å². The maximum absolute atomic E-state index is 2.39. The monoisotopic (exact) mass is 276 g/mol. The van der Waals surface area contributed by atoms with E-state index in [1.165, 1.54) is 50.1 Å². The summed E-state index contributed by atoms with van der Waals surface area (Å²) in [5.74, 6) is 0.487. The fourth-order valence-electron chi connectivity index (χ4n) is 3.59. The summed E-state index contributed by atoms with van der Waals surface area (Å²) < 4.78 is 0. The van der Waals surface area contributed by atoms with Crippen LogP contribution in [0, 0.1) is 34.6 Å². The molecule has 1 atom stereocenters. The molecule has 0 heteroatoms. The van der Waals surface area contributed by atoms with Crippen LogP contribution in [0.5, 0.6) is 0 Å². The topological polar surface area (TPSA) is 0 Å². The highest BCUT2D eigenvalue weighted by Crippen LogP contribution is 2.44. The van der Waals surface area contributed by atoms with Crippen molar-refractivity contribution in [3.05, 3.63) is 68.8 Å². The Morgan fingerprint density at radius 1 is 0.714 bits per heavy atom. The lowest BCUT2D eigenvalue weighted by Crippen LogP contribution is -2.00. The van der Waals surface area contributed by atoms with Gasteiger partial charge in [0.1, 0.15) is 0 Å². The highest BCUT2D eigenvalue weighted by molar-refractivity contribution is 5.93. The Kier molecular flexibility index (Phi) is 3.28. The predicted molar refractivity (Wildman–Crippen MR) is 92.9 cm³/mol. The van der Waals surface area contributed by atoms with E-state index in [0.29, 0.717) is 5.92 Å². The lowest BCUT2D eigenvalue weighted by Gasteiger charge is -2.18. The number of rotatable bonds is 1. The van der Waals surface area contributed by atoms with Crippen LogP contribution in [0.4, 0.5) is 0 Å². The van der Waals surface area contributed by atoms with Gasteiger partial charge in [-0.25, -0.2) is 0 Å². The number of fused-ring (bicyclic) bond motifs is 1. The second-order valence-corrected chi connectivity index (χ2v) is 6.51. The zero-order valence-corrected chi connectivity index (χ0v) is 14.0. The van der Waals surface area contributed by atoms with Crippen LogP contribution in [0.25, 0.3) is 11.6 Å². The Morgan fingerprint density at radius 3 is 2.05 bits per heavy atom. The zero-order chi connectivity index (χ0) is 15.3. The van der Waals surface area contributed by atoms with Crippen molar-refractivity contribution in [3.8, 4) is 0 Å². The van der Waals surface area contributed by atoms with Gasteiger partial charge in [0, 0.05) is 5.92 Å². The summed E-state index contributed by atoms with van der Waals surface area (Å²) in [5, 5.41) is 0. The van der Waals surface area contributed by atoms with Gasteiger partial charge in [-0.2, -0.15) is 0 Å². The summed E-state index contributed by atoms with van der Waals surface area (Å²) in [4.78, 5) is 0. The van der Waals surface area contributed by atoms with Crippen molar-refractivity contribution in [2.75, 3.05) is 0 Å². The zero-order valence-electron chi connectivity index (χ0n) is 14.0. The van der Waals surface area contributed by atoms with Crippen LogP contribution in [0.1, 0.15) is 57.3 Å². The molecule has 0 saturated carbocycles. The minimum absolute atomic E-state index is 0.487. The number of benzene rings is 2. The first-order valence-corrected chi connectivity index (χ1v) is 7.80. The molecule has 0 fully saturated rings. The molecule has 0 heterocycles.